The Morgan fingerprint density at radius 3 is 2.59 bits per heavy atom. The van der Waals surface area contributed by atoms with Crippen LogP contribution in [-0.4, -0.2) is 57.2 Å². The van der Waals surface area contributed by atoms with Crippen molar-refractivity contribution in [3.63, 3.8) is 0 Å². The van der Waals surface area contributed by atoms with E-state index in [1.54, 1.807) is 0 Å². The lowest BCUT2D eigenvalue weighted by atomic mass is 10.1. The van der Waals surface area contributed by atoms with Crippen molar-refractivity contribution in [1.29, 1.82) is 0 Å². The average molecular weight is 276 g/mol. The molecule has 0 aromatic heterocycles. The van der Waals surface area contributed by atoms with Crippen LogP contribution < -0.4 is 5.32 Å². The number of carbonyl (C=O) groups excluding carboxylic acids is 1. The van der Waals surface area contributed by atoms with Crippen LogP contribution in [0, 0.1) is 0 Å². The van der Waals surface area contributed by atoms with Crippen molar-refractivity contribution in [2.75, 3.05) is 23.1 Å². The molecule has 0 aliphatic carbocycles. The van der Waals surface area contributed by atoms with Gasteiger partial charge in [0.15, 0.2) is 0 Å². The Morgan fingerprint density at radius 1 is 1.24 bits per heavy atom. The van der Waals surface area contributed by atoms with Gasteiger partial charge in [0.2, 0.25) is 0 Å². The number of hydrogen-bond acceptors (Lipinski definition) is 4. The molecular weight excluding hydrogens is 260 g/mol. The van der Waals surface area contributed by atoms with E-state index in [1.165, 1.54) is 16.7 Å². The first-order valence-electron chi connectivity index (χ1n) is 5.64. The molecule has 0 unspecified atom stereocenters. The summed E-state index contributed by atoms with van der Waals surface area (Å²) in [6, 6.07) is -0.680. The number of nitrogens with one attached hydrogen (secondary N) is 1. The van der Waals surface area contributed by atoms with Crippen molar-refractivity contribution in [3.05, 3.63) is 0 Å². The molecule has 0 saturated carbocycles. The van der Waals surface area contributed by atoms with Crippen molar-refractivity contribution in [2.45, 2.75) is 24.9 Å². The Balaban J connectivity index is 1.88. The van der Waals surface area contributed by atoms with E-state index in [4.69, 9.17) is 5.11 Å². The normalized spacial score (nSPS) is 25.9. The van der Waals surface area contributed by atoms with Crippen LogP contribution in [0.4, 0.5) is 4.79 Å². The highest BCUT2D eigenvalue weighted by atomic mass is 32.2. The van der Waals surface area contributed by atoms with Crippen molar-refractivity contribution < 1.29 is 14.7 Å². The standard InChI is InChI=1S/C10H16N2O3S2/c13-9(14)8-5-17-6-12(8)10(15)11-7-1-3-16-4-2-7/h7-8H,1-6H2,(H,11,15)(H,13,14)/t8-/m0/s1. The van der Waals surface area contributed by atoms with Crippen molar-refractivity contribution >= 4 is 35.5 Å². The van der Waals surface area contributed by atoms with Gasteiger partial charge in [0, 0.05) is 11.8 Å². The molecule has 96 valence electrons. The number of hydrogen-bond donors (Lipinski definition) is 2. The molecule has 2 heterocycles. The second-order valence-electron chi connectivity index (χ2n) is 4.16. The monoisotopic (exact) mass is 276 g/mol. The van der Waals surface area contributed by atoms with Gasteiger partial charge in [0.05, 0.1) is 5.88 Å². The third-order valence-electron chi connectivity index (χ3n) is 2.98. The Bertz CT molecular complexity index is 308. The van der Waals surface area contributed by atoms with Gasteiger partial charge >= 0.3 is 12.0 Å². The summed E-state index contributed by atoms with van der Waals surface area (Å²) in [5.74, 6) is 2.20. The fraction of sp³-hybridized carbons (Fsp3) is 0.800. The fourth-order valence-corrected chi connectivity index (χ4v) is 4.20. The van der Waals surface area contributed by atoms with E-state index >= 15 is 0 Å². The Labute approximate surface area is 109 Å². The highest BCUT2D eigenvalue weighted by Crippen LogP contribution is 2.22. The van der Waals surface area contributed by atoms with Gasteiger partial charge in [0.1, 0.15) is 6.04 Å². The lowest BCUT2D eigenvalue weighted by Gasteiger charge is -2.27. The first kappa shape index (κ1) is 12.9. The van der Waals surface area contributed by atoms with Crippen LogP contribution in [0.5, 0.6) is 0 Å². The summed E-state index contributed by atoms with van der Waals surface area (Å²) >= 11 is 3.39. The molecular formula is C10H16N2O3S2. The molecule has 2 rings (SSSR count). The zero-order valence-corrected chi connectivity index (χ0v) is 11.1. The number of nitrogens with zero attached hydrogens (tertiary/aromatic N) is 1. The maximum absolute atomic E-state index is 12.0. The zero-order chi connectivity index (χ0) is 12.3. The smallest absolute Gasteiger partial charge is 0.327 e. The summed E-state index contributed by atoms with van der Waals surface area (Å²) in [6.45, 7) is 0. The molecule has 0 spiro atoms. The topological polar surface area (TPSA) is 69.6 Å². The van der Waals surface area contributed by atoms with Crippen LogP contribution in [0.25, 0.3) is 0 Å². The minimum absolute atomic E-state index is 0.212. The van der Waals surface area contributed by atoms with E-state index in [-0.39, 0.29) is 12.1 Å². The van der Waals surface area contributed by atoms with E-state index in [0.717, 1.165) is 24.3 Å². The highest BCUT2D eigenvalue weighted by molar-refractivity contribution is 7.99. The summed E-state index contributed by atoms with van der Waals surface area (Å²) in [7, 11) is 0. The van der Waals surface area contributed by atoms with Gasteiger partial charge in [-0.1, -0.05) is 0 Å². The number of carboxylic acid groups (broad SMARTS) is 1. The first-order chi connectivity index (χ1) is 8.18. The molecule has 1 atom stereocenters. The Hall–Kier alpha value is -0.560. The second-order valence-corrected chi connectivity index (χ2v) is 6.38. The van der Waals surface area contributed by atoms with Crippen LogP contribution in [0.15, 0.2) is 0 Å². The second kappa shape index (κ2) is 5.86. The Morgan fingerprint density at radius 2 is 1.94 bits per heavy atom. The van der Waals surface area contributed by atoms with E-state index in [0.29, 0.717) is 11.6 Å². The number of amides is 2. The van der Waals surface area contributed by atoms with Gasteiger partial charge in [-0.05, 0) is 24.3 Å². The van der Waals surface area contributed by atoms with Gasteiger partial charge in [-0.3, -0.25) is 0 Å². The highest BCUT2D eigenvalue weighted by Gasteiger charge is 2.35. The lowest BCUT2D eigenvalue weighted by molar-refractivity contribution is -0.140. The van der Waals surface area contributed by atoms with Crippen LogP contribution in [0.1, 0.15) is 12.8 Å². The molecule has 2 aliphatic heterocycles. The van der Waals surface area contributed by atoms with Crippen LogP contribution in [-0.2, 0) is 4.79 Å². The molecule has 0 bridgehead atoms. The molecule has 0 radical (unpaired) electrons. The van der Waals surface area contributed by atoms with Crippen LogP contribution in [0.2, 0.25) is 0 Å². The number of aliphatic carboxylic acids is 1. The number of carboxylic acids is 1. The average Bonchev–Trinajstić information content (AvgIpc) is 2.79. The van der Waals surface area contributed by atoms with E-state index in [9.17, 15) is 9.59 Å². The van der Waals surface area contributed by atoms with E-state index < -0.39 is 12.0 Å². The van der Waals surface area contributed by atoms with Crippen molar-refractivity contribution in [1.82, 2.24) is 10.2 Å². The summed E-state index contributed by atoms with van der Waals surface area (Å²) in [5.41, 5.74) is 0. The number of rotatable bonds is 2. The van der Waals surface area contributed by atoms with Crippen molar-refractivity contribution in [2.24, 2.45) is 0 Å². The molecule has 2 amide bonds. The molecule has 0 aromatic rings. The van der Waals surface area contributed by atoms with Gasteiger partial charge in [-0.15, -0.1) is 11.8 Å². The minimum Gasteiger partial charge on any atom is -0.480 e. The third-order valence-corrected chi connectivity index (χ3v) is 5.04. The minimum atomic E-state index is -0.913. The molecule has 2 N–H and O–H groups in total. The Kier molecular flexibility index (Phi) is 4.44. The first-order valence-corrected chi connectivity index (χ1v) is 7.95. The predicted molar refractivity (Wildman–Crippen MR) is 69.5 cm³/mol. The fourth-order valence-electron chi connectivity index (χ4n) is 1.95. The van der Waals surface area contributed by atoms with Crippen molar-refractivity contribution in [3.8, 4) is 0 Å². The summed E-state index contributed by atoms with van der Waals surface area (Å²) in [6.07, 6.45) is 1.96. The van der Waals surface area contributed by atoms with Gasteiger partial charge in [-0.25, -0.2) is 9.59 Å². The molecule has 5 nitrogen and oxygen atoms in total. The van der Waals surface area contributed by atoms with Crippen LogP contribution >= 0.6 is 23.5 Å². The van der Waals surface area contributed by atoms with E-state index in [1.807, 2.05) is 11.8 Å². The molecule has 2 fully saturated rings. The lowest BCUT2D eigenvalue weighted by Crippen LogP contribution is -2.50. The SMILES string of the molecule is O=C(O)[C@@H]1CSCN1C(=O)NC1CCSCC1. The van der Waals surface area contributed by atoms with Gasteiger partial charge < -0.3 is 15.3 Å². The molecule has 0 aromatic carbocycles. The number of urea groups is 1. The zero-order valence-electron chi connectivity index (χ0n) is 9.42. The van der Waals surface area contributed by atoms with Crippen LogP contribution in [0.3, 0.4) is 0 Å². The predicted octanol–water partition coefficient (Wildman–Crippen LogP) is 1.05. The summed E-state index contributed by atoms with van der Waals surface area (Å²) < 4.78 is 0. The molecule has 17 heavy (non-hydrogen) atoms. The summed E-state index contributed by atoms with van der Waals surface area (Å²) in [5, 5.41) is 11.9. The van der Waals surface area contributed by atoms with E-state index in [2.05, 4.69) is 5.32 Å². The quantitative estimate of drug-likeness (QED) is 0.789. The molecule has 7 heteroatoms. The molecule has 2 aliphatic rings. The van der Waals surface area contributed by atoms with Gasteiger partial charge in [0.25, 0.3) is 0 Å². The maximum atomic E-state index is 12.0. The maximum Gasteiger partial charge on any atom is 0.327 e. The largest absolute Gasteiger partial charge is 0.480 e. The number of thioether (sulfide) groups is 2. The third kappa shape index (κ3) is 3.22. The molecule has 2 saturated heterocycles. The van der Waals surface area contributed by atoms with Gasteiger partial charge in [-0.2, -0.15) is 11.8 Å². The number of carbonyl (C=O) groups is 2. The summed E-state index contributed by atoms with van der Waals surface area (Å²) in [4.78, 5) is 24.4.